The third-order valence-corrected chi connectivity index (χ3v) is 2.97. The average Bonchev–Trinajstić information content (AvgIpc) is 2.19. The van der Waals surface area contributed by atoms with Crippen molar-refractivity contribution < 1.29 is 0 Å². The maximum atomic E-state index is 12.4. The highest BCUT2D eigenvalue weighted by molar-refractivity contribution is 5.52. The van der Waals surface area contributed by atoms with Crippen molar-refractivity contribution in [1.29, 1.82) is 0 Å². The minimum Gasteiger partial charge on any atom is -0.627 e. The van der Waals surface area contributed by atoms with Gasteiger partial charge >= 0.3 is 0 Å². The molecule has 1 aromatic carbocycles. The molecule has 1 radical (unpaired) electrons. The molecule has 2 nitrogen and oxygen atoms in total. The molecule has 0 aliphatic carbocycles. The molecule has 2 heteroatoms. The van der Waals surface area contributed by atoms with Crippen LogP contribution in [0.4, 0.5) is 5.69 Å². The number of hydrogen-bond donors (Lipinski definition) is 0. The van der Waals surface area contributed by atoms with E-state index in [2.05, 4.69) is 6.92 Å². The molecular formula is C12H16NO. The maximum Gasteiger partial charge on any atom is 0.136 e. The molecule has 0 unspecified atom stereocenters. The molecule has 0 aromatic heterocycles. The molecule has 1 aliphatic rings. The topological polar surface area (TPSA) is 23.1 Å². The summed E-state index contributed by atoms with van der Waals surface area (Å²) >= 11 is 0. The monoisotopic (exact) mass is 190 g/mol. The number of para-hydroxylation sites is 1. The predicted octanol–water partition coefficient (Wildman–Crippen LogP) is 2.86. The van der Waals surface area contributed by atoms with Gasteiger partial charge in [0.25, 0.3) is 0 Å². The van der Waals surface area contributed by atoms with Gasteiger partial charge in [-0.1, -0.05) is 18.2 Å². The number of nitrogens with zero attached hydrogens (tertiary/aromatic N) is 1. The van der Waals surface area contributed by atoms with E-state index in [9.17, 15) is 5.21 Å². The van der Waals surface area contributed by atoms with Crippen LogP contribution < -0.4 is 4.65 Å². The summed E-state index contributed by atoms with van der Waals surface area (Å²) in [5, 5.41) is 12.4. The first-order valence-electron chi connectivity index (χ1n) is 5.22. The second-order valence-electron chi connectivity index (χ2n) is 4.03. The molecular weight excluding hydrogens is 174 g/mol. The van der Waals surface area contributed by atoms with Gasteiger partial charge in [0, 0.05) is 5.56 Å². The Hall–Kier alpha value is -0.860. The molecule has 0 bridgehead atoms. The number of piperidine rings is 1. The fraction of sp³-hybridized carbons (Fsp3) is 0.417. The second-order valence-corrected chi connectivity index (χ2v) is 4.03. The minimum atomic E-state index is -0.167. The number of rotatable bonds is 1. The lowest BCUT2D eigenvalue weighted by molar-refractivity contribution is 0.306. The van der Waals surface area contributed by atoms with Crippen LogP contribution in [0.25, 0.3) is 0 Å². The number of benzene rings is 1. The van der Waals surface area contributed by atoms with E-state index in [1.54, 1.807) is 0 Å². The average molecular weight is 190 g/mol. The van der Waals surface area contributed by atoms with E-state index < -0.39 is 0 Å². The van der Waals surface area contributed by atoms with Crippen LogP contribution in [0.5, 0.6) is 0 Å². The Labute approximate surface area is 85.3 Å². The van der Waals surface area contributed by atoms with Gasteiger partial charge in [-0.05, 0) is 32.3 Å². The predicted molar refractivity (Wildman–Crippen MR) is 59.6 cm³/mol. The quantitative estimate of drug-likeness (QED) is 0.493. The van der Waals surface area contributed by atoms with Gasteiger partial charge in [-0.2, -0.15) is 0 Å². The lowest BCUT2D eigenvalue weighted by atomic mass is 10.1. The van der Waals surface area contributed by atoms with E-state index in [0.717, 1.165) is 24.1 Å². The van der Waals surface area contributed by atoms with Crippen LogP contribution in [0.3, 0.4) is 0 Å². The summed E-state index contributed by atoms with van der Waals surface area (Å²) in [6, 6.07) is 7.70. The molecule has 1 fully saturated rings. The number of quaternary nitrogens is 1. The largest absolute Gasteiger partial charge is 0.627 e. The van der Waals surface area contributed by atoms with Crippen molar-refractivity contribution in [3.63, 3.8) is 0 Å². The summed E-state index contributed by atoms with van der Waals surface area (Å²) in [5.41, 5.74) is 1.73. The molecule has 0 N–H and O–H groups in total. The lowest BCUT2D eigenvalue weighted by Crippen LogP contribution is -2.47. The lowest BCUT2D eigenvalue weighted by Gasteiger charge is -2.45. The van der Waals surface area contributed by atoms with Crippen LogP contribution in [-0.2, 0) is 0 Å². The third-order valence-electron chi connectivity index (χ3n) is 2.97. The van der Waals surface area contributed by atoms with Crippen LogP contribution in [0, 0.1) is 12.1 Å². The van der Waals surface area contributed by atoms with Crippen molar-refractivity contribution in [2.75, 3.05) is 13.1 Å². The van der Waals surface area contributed by atoms with E-state index in [1.807, 2.05) is 24.3 Å². The Morgan fingerprint density at radius 1 is 1.07 bits per heavy atom. The van der Waals surface area contributed by atoms with E-state index in [0.29, 0.717) is 13.1 Å². The highest BCUT2D eigenvalue weighted by Gasteiger charge is 2.24. The van der Waals surface area contributed by atoms with Crippen LogP contribution in [-0.4, -0.2) is 13.1 Å². The zero-order chi connectivity index (χ0) is 10.0. The zero-order valence-corrected chi connectivity index (χ0v) is 8.41. The van der Waals surface area contributed by atoms with Gasteiger partial charge in [0.15, 0.2) is 0 Å². The van der Waals surface area contributed by atoms with Crippen molar-refractivity contribution in [1.82, 2.24) is 4.65 Å². The van der Waals surface area contributed by atoms with Crippen LogP contribution >= 0.6 is 0 Å². The van der Waals surface area contributed by atoms with Crippen molar-refractivity contribution in [3.8, 4) is 0 Å². The first kappa shape index (κ1) is 9.69. The molecule has 0 spiro atoms. The Morgan fingerprint density at radius 3 is 2.36 bits per heavy atom. The van der Waals surface area contributed by atoms with E-state index in [1.165, 1.54) is 6.42 Å². The molecule has 0 amide bonds. The highest BCUT2D eigenvalue weighted by Crippen LogP contribution is 2.29. The first-order chi connectivity index (χ1) is 6.72. The van der Waals surface area contributed by atoms with Crippen LogP contribution in [0.1, 0.15) is 24.8 Å². The zero-order valence-electron chi connectivity index (χ0n) is 8.41. The summed E-state index contributed by atoms with van der Waals surface area (Å²) in [7, 11) is 0. The number of hydroxylamine groups is 2. The van der Waals surface area contributed by atoms with Gasteiger partial charge in [0.1, 0.15) is 5.69 Å². The molecule has 14 heavy (non-hydrogen) atoms. The van der Waals surface area contributed by atoms with Gasteiger partial charge in [0.05, 0.1) is 13.1 Å². The standard InChI is InChI=1S/C12H16NO/c1-11-7-3-4-8-12(11)13(14)9-5-2-6-10-13/h3-4,7-8H,1-2,5-6,9-10H2. The molecule has 0 saturated carbocycles. The van der Waals surface area contributed by atoms with Gasteiger partial charge in [0.2, 0.25) is 0 Å². The fourth-order valence-electron chi connectivity index (χ4n) is 2.17. The summed E-state index contributed by atoms with van der Waals surface area (Å²) in [6.07, 6.45) is 3.28. The molecule has 1 aliphatic heterocycles. The third kappa shape index (κ3) is 1.68. The Morgan fingerprint density at radius 2 is 1.71 bits per heavy atom. The minimum absolute atomic E-state index is 0.167. The normalized spacial score (nSPS) is 20.7. The van der Waals surface area contributed by atoms with Crippen molar-refractivity contribution >= 4 is 5.69 Å². The van der Waals surface area contributed by atoms with Gasteiger partial charge < -0.3 is 9.85 Å². The number of hydrogen-bond acceptors (Lipinski definition) is 1. The Kier molecular flexibility index (Phi) is 2.57. The van der Waals surface area contributed by atoms with Crippen LogP contribution in [0.2, 0.25) is 0 Å². The smallest absolute Gasteiger partial charge is 0.136 e. The molecule has 75 valence electrons. The maximum absolute atomic E-state index is 12.4. The Balaban J connectivity index is 2.32. The van der Waals surface area contributed by atoms with Crippen molar-refractivity contribution in [2.45, 2.75) is 19.3 Å². The summed E-state index contributed by atoms with van der Waals surface area (Å²) < 4.78 is -0.167. The molecule has 1 heterocycles. The SMILES string of the molecule is [CH2]c1ccccc1[N+]1([O-])CCCCC1. The highest BCUT2D eigenvalue weighted by atomic mass is 16.5. The second kappa shape index (κ2) is 3.71. The first-order valence-corrected chi connectivity index (χ1v) is 5.22. The van der Waals surface area contributed by atoms with Crippen molar-refractivity contribution in [2.24, 2.45) is 0 Å². The molecule has 0 atom stereocenters. The van der Waals surface area contributed by atoms with E-state index in [4.69, 9.17) is 0 Å². The molecule has 1 saturated heterocycles. The van der Waals surface area contributed by atoms with Gasteiger partial charge in [-0.15, -0.1) is 0 Å². The molecule has 2 rings (SSSR count). The summed E-state index contributed by atoms with van der Waals surface area (Å²) in [6.45, 7) is 5.35. The van der Waals surface area contributed by atoms with Crippen molar-refractivity contribution in [3.05, 3.63) is 42.0 Å². The fourth-order valence-corrected chi connectivity index (χ4v) is 2.17. The van der Waals surface area contributed by atoms with E-state index in [-0.39, 0.29) is 4.65 Å². The Bertz CT molecular complexity index is 316. The van der Waals surface area contributed by atoms with Gasteiger partial charge in [-0.3, -0.25) is 0 Å². The summed E-state index contributed by atoms with van der Waals surface area (Å²) in [4.78, 5) is 0. The molecule has 1 aromatic rings. The van der Waals surface area contributed by atoms with Crippen LogP contribution in [0.15, 0.2) is 24.3 Å². The summed E-state index contributed by atoms with van der Waals surface area (Å²) in [5.74, 6) is 0. The van der Waals surface area contributed by atoms with Gasteiger partial charge in [-0.25, -0.2) is 0 Å². The van der Waals surface area contributed by atoms with E-state index >= 15 is 0 Å².